The molecule has 7 nitrogen and oxygen atoms in total. The number of amides is 1. The Morgan fingerprint density at radius 3 is 2.87 bits per heavy atom. The summed E-state index contributed by atoms with van der Waals surface area (Å²) in [4.78, 5) is 24.6. The maximum absolute atomic E-state index is 12.4. The third kappa shape index (κ3) is 4.70. The van der Waals surface area contributed by atoms with Gasteiger partial charge in [0.25, 0.3) is 5.91 Å². The molecule has 128 valence electrons. The van der Waals surface area contributed by atoms with Crippen LogP contribution in [0.25, 0.3) is 0 Å². The quantitative estimate of drug-likeness (QED) is 0.654. The maximum atomic E-state index is 12.4. The monoisotopic (exact) mass is 363 g/mol. The standard InChI is InChI=1S/C14H18ClN3O4.ClH/c1-9-8-16-5-6-17(9)14(19)10(2)22-13-4-3-11(15)7-12(13)18(20)21;/h3-4,7,9-10,16H,5-6,8H2,1-2H3;1H/t9-,10?;/m1./s1. The zero-order valence-corrected chi connectivity index (χ0v) is 14.4. The molecule has 1 aromatic rings. The smallest absolute Gasteiger partial charge is 0.312 e. The molecule has 23 heavy (non-hydrogen) atoms. The third-order valence-corrected chi connectivity index (χ3v) is 3.79. The summed E-state index contributed by atoms with van der Waals surface area (Å²) < 4.78 is 5.51. The van der Waals surface area contributed by atoms with Crippen molar-refractivity contribution in [1.29, 1.82) is 0 Å². The lowest BCUT2D eigenvalue weighted by molar-refractivity contribution is -0.386. The molecule has 0 aliphatic carbocycles. The van der Waals surface area contributed by atoms with Gasteiger partial charge < -0.3 is 15.0 Å². The predicted octanol–water partition coefficient (Wildman–Crippen LogP) is 2.26. The second kappa shape index (κ2) is 8.33. The molecule has 1 fully saturated rings. The van der Waals surface area contributed by atoms with Gasteiger partial charge in [-0.25, -0.2) is 0 Å². The summed E-state index contributed by atoms with van der Waals surface area (Å²) >= 11 is 5.76. The number of nitrogens with one attached hydrogen (secondary N) is 1. The second-order valence-electron chi connectivity index (χ2n) is 5.21. The summed E-state index contributed by atoms with van der Waals surface area (Å²) in [5.74, 6) is -0.142. The van der Waals surface area contributed by atoms with Gasteiger partial charge >= 0.3 is 5.69 Å². The maximum Gasteiger partial charge on any atom is 0.312 e. The van der Waals surface area contributed by atoms with E-state index in [4.69, 9.17) is 16.3 Å². The second-order valence-corrected chi connectivity index (χ2v) is 5.65. The number of ether oxygens (including phenoxy) is 1. The fourth-order valence-electron chi connectivity index (χ4n) is 2.38. The molecule has 1 N–H and O–H groups in total. The molecule has 2 atom stereocenters. The fraction of sp³-hybridized carbons (Fsp3) is 0.500. The minimum atomic E-state index is -0.805. The van der Waals surface area contributed by atoms with E-state index < -0.39 is 11.0 Å². The van der Waals surface area contributed by atoms with Gasteiger partial charge in [-0.05, 0) is 26.0 Å². The lowest BCUT2D eigenvalue weighted by atomic mass is 10.2. The van der Waals surface area contributed by atoms with Gasteiger partial charge in [-0.3, -0.25) is 14.9 Å². The molecule has 1 unspecified atom stereocenters. The first-order valence-corrected chi connectivity index (χ1v) is 7.39. The molecular weight excluding hydrogens is 345 g/mol. The van der Waals surface area contributed by atoms with Crippen molar-refractivity contribution in [2.75, 3.05) is 19.6 Å². The van der Waals surface area contributed by atoms with E-state index in [1.165, 1.54) is 18.2 Å². The highest BCUT2D eigenvalue weighted by molar-refractivity contribution is 6.30. The minimum absolute atomic E-state index is 0. The summed E-state index contributed by atoms with van der Waals surface area (Å²) in [7, 11) is 0. The van der Waals surface area contributed by atoms with Gasteiger partial charge in [0.05, 0.1) is 4.92 Å². The Hall–Kier alpha value is -1.57. The number of nitrogens with zero attached hydrogens (tertiary/aromatic N) is 2. The molecular formula is C14H19Cl2N3O4. The van der Waals surface area contributed by atoms with E-state index in [-0.39, 0.29) is 40.8 Å². The third-order valence-electron chi connectivity index (χ3n) is 3.55. The molecule has 9 heteroatoms. The number of carbonyl (C=O) groups excluding carboxylic acids is 1. The molecule has 0 aromatic heterocycles. The van der Waals surface area contributed by atoms with Crippen LogP contribution in [0.3, 0.4) is 0 Å². The molecule has 1 aliphatic rings. The number of halogens is 2. The van der Waals surface area contributed by atoms with Crippen molar-refractivity contribution in [3.8, 4) is 5.75 Å². The van der Waals surface area contributed by atoms with E-state index in [0.717, 1.165) is 13.1 Å². The predicted molar refractivity (Wildman–Crippen MR) is 89.5 cm³/mol. The van der Waals surface area contributed by atoms with Crippen molar-refractivity contribution in [3.63, 3.8) is 0 Å². The highest BCUT2D eigenvalue weighted by Gasteiger charge is 2.29. The Balaban J connectivity index is 0.00000264. The molecule has 2 rings (SSSR count). The van der Waals surface area contributed by atoms with Gasteiger partial charge in [-0.1, -0.05) is 11.6 Å². The molecule has 0 spiro atoms. The van der Waals surface area contributed by atoms with Gasteiger partial charge in [-0.15, -0.1) is 12.4 Å². The summed E-state index contributed by atoms with van der Waals surface area (Å²) in [6.07, 6.45) is -0.805. The zero-order chi connectivity index (χ0) is 16.3. The Kier molecular flexibility index (Phi) is 7.05. The van der Waals surface area contributed by atoms with E-state index in [2.05, 4.69) is 5.32 Å². The number of hydrogen-bond donors (Lipinski definition) is 1. The largest absolute Gasteiger partial charge is 0.474 e. The lowest BCUT2D eigenvalue weighted by Crippen LogP contribution is -2.55. The van der Waals surface area contributed by atoms with Crippen LogP contribution in [-0.4, -0.2) is 47.5 Å². The molecule has 0 radical (unpaired) electrons. The van der Waals surface area contributed by atoms with Crippen LogP contribution >= 0.6 is 24.0 Å². The van der Waals surface area contributed by atoms with Crippen LogP contribution in [0.2, 0.25) is 5.02 Å². The Morgan fingerprint density at radius 2 is 2.26 bits per heavy atom. The van der Waals surface area contributed by atoms with E-state index in [0.29, 0.717) is 6.54 Å². The van der Waals surface area contributed by atoms with Crippen molar-refractivity contribution in [2.45, 2.75) is 26.0 Å². The highest BCUT2D eigenvalue weighted by atomic mass is 35.5. The Morgan fingerprint density at radius 1 is 1.57 bits per heavy atom. The molecule has 1 saturated heterocycles. The van der Waals surface area contributed by atoms with Gasteiger partial charge in [-0.2, -0.15) is 0 Å². The first kappa shape index (κ1) is 19.5. The van der Waals surface area contributed by atoms with Crippen molar-refractivity contribution in [2.24, 2.45) is 0 Å². The van der Waals surface area contributed by atoms with Gasteiger partial charge in [0.15, 0.2) is 11.9 Å². The Bertz CT molecular complexity index is 585. The van der Waals surface area contributed by atoms with Crippen molar-refractivity contribution in [1.82, 2.24) is 10.2 Å². The molecule has 1 amide bonds. The van der Waals surface area contributed by atoms with Crippen molar-refractivity contribution in [3.05, 3.63) is 33.3 Å². The molecule has 1 heterocycles. The van der Waals surface area contributed by atoms with Crippen LogP contribution in [0, 0.1) is 10.1 Å². The molecule has 1 aliphatic heterocycles. The summed E-state index contributed by atoms with van der Waals surface area (Å²) in [6, 6.07) is 4.18. The first-order chi connectivity index (χ1) is 10.4. The molecule has 0 saturated carbocycles. The lowest BCUT2D eigenvalue weighted by Gasteiger charge is -2.35. The van der Waals surface area contributed by atoms with E-state index >= 15 is 0 Å². The summed E-state index contributed by atoms with van der Waals surface area (Å²) in [5.41, 5.74) is -0.250. The summed E-state index contributed by atoms with van der Waals surface area (Å²) in [5, 5.41) is 14.5. The van der Waals surface area contributed by atoms with Crippen molar-refractivity contribution >= 4 is 35.6 Å². The number of benzene rings is 1. The van der Waals surface area contributed by atoms with Crippen LogP contribution < -0.4 is 10.1 Å². The summed E-state index contributed by atoms with van der Waals surface area (Å²) in [6.45, 7) is 5.58. The zero-order valence-electron chi connectivity index (χ0n) is 12.8. The minimum Gasteiger partial charge on any atom is -0.474 e. The van der Waals surface area contributed by atoms with E-state index in [1.807, 2.05) is 6.92 Å². The first-order valence-electron chi connectivity index (χ1n) is 7.02. The van der Waals surface area contributed by atoms with Crippen LogP contribution in [0.15, 0.2) is 18.2 Å². The van der Waals surface area contributed by atoms with Gasteiger partial charge in [0.1, 0.15) is 0 Å². The van der Waals surface area contributed by atoms with Crippen LogP contribution in [0.4, 0.5) is 5.69 Å². The number of rotatable bonds is 4. The van der Waals surface area contributed by atoms with E-state index in [9.17, 15) is 14.9 Å². The number of piperazine rings is 1. The van der Waals surface area contributed by atoms with Crippen LogP contribution in [0.5, 0.6) is 5.75 Å². The van der Waals surface area contributed by atoms with Crippen LogP contribution in [-0.2, 0) is 4.79 Å². The fourth-order valence-corrected chi connectivity index (χ4v) is 2.54. The average Bonchev–Trinajstić information content (AvgIpc) is 2.48. The normalized spacial score (nSPS) is 18.7. The number of hydrogen-bond acceptors (Lipinski definition) is 5. The van der Waals surface area contributed by atoms with Gasteiger partial charge in [0, 0.05) is 36.8 Å². The number of carbonyl (C=O) groups is 1. The van der Waals surface area contributed by atoms with Crippen LogP contribution in [0.1, 0.15) is 13.8 Å². The SMILES string of the molecule is CC(Oc1ccc(Cl)cc1[N+](=O)[O-])C(=O)N1CCNC[C@H]1C.Cl. The van der Waals surface area contributed by atoms with E-state index in [1.54, 1.807) is 11.8 Å². The molecule has 1 aromatic carbocycles. The molecule has 0 bridgehead atoms. The van der Waals surface area contributed by atoms with Crippen molar-refractivity contribution < 1.29 is 14.5 Å². The average molecular weight is 364 g/mol. The highest BCUT2D eigenvalue weighted by Crippen LogP contribution is 2.30. The number of nitro groups is 1. The number of nitro benzene ring substituents is 1. The Labute approximate surface area is 145 Å². The van der Waals surface area contributed by atoms with Gasteiger partial charge in [0.2, 0.25) is 0 Å². The topological polar surface area (TPSA) is 84.7 Å².